The monoisotopic (exact) mass is 165 g/mol. The first-order valence-corrected chi connectivity index (χ1v) is 4.25. The zero-order valence-electron chi connectivity index (χ0n) is 6.60. The summed E-state index contributed by atoms with van der Waals surface area (Å²) in [5.41, 5.74) is 6.87. The highest BCUT2D eigenvalue weighted by Crippen LogP contribution is 2.50. The SMILES string of the molecule is NC1C2CNC(c3cocn3)C12. The summed E-state index contributed by atoms with van der Waals surface area (Å²) in [6, 6.07) is 0.719. The maximum Gasteiger partial charge on any atom is 0.180 e. The van der Waals surface area contributed by atoms with Crippen LogP contribution in [-0.4, -0.2) is 17.6 Å². The highest BCUT2D eigenvalue weighted by atomic mass is 16.3. The zero-order valence-corrected chi connectivity index (χ0v) is 6.60. The fraction of sp³-hybridized carbons (Fsp3) is 0.625. The zero-order chi connectivity index (χ0) is 8.13. The van der Waals surface area contributed by atoms with Crippen LogP contribution in [0.2, 0.25) is 0 Å². The molecule has 64 valence electrons. The minimum absolute atomic E-state index is 0.337. The number of nitrogens with two attached hydrogens (primary N) is 1. The highest BCUT2D eigenvalue weighted by molar-refractivity contribution is 5.19. The van der Waals surface area contributed by atoms with Gasteiger partial charge in [-0.05, 0) is 5.92 Å². The average Bonchev–Trinajstić information content (AvgIpc) is 2.65. The Labute approximate surface area is 70.1 Å². The van der Waals surface area contributed by atoms with Gasteiger partial charge in [0.25, 0.3) is 0 Å². The van der Waals surface area contributed by atoms with Crippen LogP contribution in [0.25, 0.3) is 0 Å². The third kappa shape index (κ3) is 0.711. The van der Waals surface area contributed by atoms with Crippen LogP contribution in [0.1, 0.15) is 11.7 Å². The molecule has 0 amide bonds. The molecule has 4 nitrogen and oxygen atoms in total. The molecule has 2 fully saturated rings. The van der Waals surface area contributed by atoms with Gasteiger partial charge in [0.15, 0.2) is 6.39 Å². The number of fused-ring (bicyclic) bond motifs is 1. The fourth-order valence-electron chi connectivity index (χ4n) is 2.25. The van der Waals surface area contributed by atoms with Gasteiger partial charge in [0.2, 0.25) is 0 Å². The molecule has 12 heavy (non-hydrogen) atoms. The lowest BCUT2D eigenvalue weighted by atomic mass is 10.1. The van der Waals surface area contributed by atoms with Crippen molar-refractivity contribution >= 4 is 0 Å². The van der Waals surface area contributed by atoms with Crippen molar-refractivity contribution in [2.24, 2.45) is 17.6 Å². The predicted molar refractivity (Wildman–Crippen MR) is 42.2 cm³/mol. The van der Waals surface area contributed by atoms with Gasteiger partial charge < -0.3 is 15.5 Å². The smallest absolute Gasteiger partial charge is 0.180 e. The Bertz CT molecular complexity index is 285. The summed E-state index contributed by atoms with van der Waals surface area (Å²) >= 11 is 0. The number of aromatic nitrogens is 1. The molecule has 0 spiro atoms. The summed E-state index contributed by atoms with van der Waals surface area (Å²) in [5.74, 6) is 1.27. The quantitative estimate of drug-likeness (QED) is 0.609. The van der Waals surface area contributed by atoms with Crippen molar-refractivity contribution in [3.8, 4) is 0 Å². The number of hydrogen-bond donors (Lipinski definition) is 2. The van der Waals surface area contributed by atoms with E-state index in [1.54, 1.807) is 6.26 Å². The second-order valence-electron chi connectivity index (χ2n) is 3.62. The summed E-state index contributed by atoms with van der Waals surface area (Å²) in [5, 5.41) is 3.39. The van der Waals surface area contributed by atoms with Crippen LogP contribution in [0, 0.1) is 11.8 Å². The van der Waals surface area contributed by atoms with Crippen molar-refractivity contribution < 1.29 is 4.42 Å². The van der Waals surface area contributed by atoms with Crippen molar-refractivity contribution in [2.45, 2.75) is 12.1 Å². The topological polar surface area (TPSA) is 64.1 Å². The number of oxazole rings is 1. The normalized spacial score (nSPS) is 44.4. The molecule has 1 saturated carbocycles. The largest absolute Gasteiger partial charge is 0.451 e. The molecule has 0 bridgehead atoms. The maximum atomic E-state index is 5.87. The Morgan fingerprint density at radius 3 is 3.17 bits per heavy atom. The second-order valence-corrected chi connectivity index (χ2v) is 3.62. The summed E-state index contributed by atoms with van der Waals surface area (Å²) in [4.78, 5) is 4.13. The van der Waals surface area contributed by atoms with Crippen LogP contribution in [0.4, 0.5) is 0 Å². The van der Waals surface area contributed by atoms with Crippen molar-refractivity contribution in [3.63, 3.8) is 0 Å². The van der Waals surface area contributed by atoms with Gasteiger partial charge in [-0.25, -0.2) is 4.98 Å². The van der Waals surface area contributed by atoms with E-state index < -0.39 is 0 Å². The lowest BCUT2D eigenvalue weighted by Crippen LogP contribution is -2.25. The van der Waals surface area contributed by atoms with Gasteiger partial charge in [0.05, 0.1) is 11.7 Å². The van der Waals surface area contributed by atoms with Crippen LogP contribution in [0.15, 0.2) is 17.1 Å². The van der Waals surface area contributed by atoms with E-state index >= 15 is 0 Å². The van der Waals surface area contributed by atoms with E-state index in [4.69, 9.17) is 10.2 Å². The van der Waals surface area contributed by atoms with Crippen LogP contribution in [0.3, 0.4) is 0 Å². The van der Waals surface area contributed by atoms with E-state index in [-0.39, 0.29) is 0 Å². The van der Waals surface area contributed by atoms with Gasteiger partial charge >= 0.3 is 0 Å². The van der Waals surface area contributed by atoms with Crippen molar-refractivity contribution in [2.75, 3.05) is 6.54 Å². The van der Waals surface area contributed by atoms with Crippen LogP contribution < -0.4 is 11.1 Å². The van der Waals surface area contributed by atoms with Crippen molar-refractivity contribution in [1.29, 1.82) is 0 Å². The molecule has 1 saturated heterocycles. The van der Waals surface area contributed by atoms with Crippen LogP contribution >= 0.6 is 0 Å². The Morgan fingerprint density at radius 1 is 1.67 bits per heavy atom. The number of nitrogens with zero attached hydrogens (tertiary/aromatic N) is 1. The number of rotatable bonds is 1. The molecule has 2 heterocycles. The standard InChI is InChI=1S/C8H11N3O/c9-7-4-1-10-8(6(4)7)5-2-12-3-11-5/h2-4,6-8,10H,1,9H2. The Balaban J connectivity index is 1.87. The van der Waals surface area contributed by atoms with E-state index in [0.29, 0.717) is 23.9 Å². The predicted octanol–water partition coefficient (Wildman–Crippen LogP) is -0.108. The Morgan fingerprint density at radius 2 is 2.58 bits per heavy atom. The summed E-state index contributed by atoms with van der Waals surface area (Å²) in [7, 11) is 0. The van der Waals surface area contributed by atoms with E-state index in [0.717, 1.165) is 12.2 Å². The van der Waals surface area contributed by atoms with Gasteiger partial charge in [-0.2, -0.15) is 0 Å². The van der Waals surface area contributed by atoms with Gasteiger partial charge in [-0.15, -0.1) is 0 Å². The molecule has 1 aliphatic carbocycles. The van der Waals surface area contributed by atoms with Crippen LogP contribution in [0.5, 0.6) is 0 Å². The van der Waals surface area contributed by atoms with E-state index in [2.05, 4.69) is 10.3 Å². The molecule has 4 heteroatoms. The van der Waals surface area contributed by atoms with Gasteiger partial charge in [0, 0.05) is 18.5 Å². The molecule has 4 unspecified atom stereocenters. The molecule has 0 radical (unpaired) electrons. The minimum Gasteiger partial charge on any atom is -0.451 e. The lowest BCUT2D eigenvalue weighted by Gasteiger charge is -2.10. The Kier molecular flexibility index (Phi) is 1.15. The summed E-state index contributed by atoms with van der Waals surface area (Å²) in [6.07, 6.45) is 3.17. The average molecular weight is 165 g/mol. The minimum atomic E-state index is 0.337. The molecule has 1 aliphatic heterocycles. The van der Waals surface area contributed by atoms with Gasteiger partial charge in [-0.3, -0.25) is 0 Å². The molecule has 1 aromatic heterocycles. The molecular weight excluding hydrogens is 154 g/mol. The molecule has 2 aliphatic rings. The molecule has 4 atom stereocenters. The lowest BCUT2D eigenvalue weighted by molar-refractivity contribution is 0.515. The summed E-state index contributed by atoms with van der Waals surface area (Å²) in [6.45, 7) is 1.03. The van der Waals surface area contributed by atoms with E-state index in [1.165, 1.54) is 6.39 Å². The third-order valence-corrected chi connectivity index (χ3v) is 3.02. The summed E-state index contributed by atoms with van der Waals surface area (Å²) < 4.78 is 4.94. The first-order valence-electron chi connectivity index (χ1n) is 4.25. The highest BCUT2D eigenvalue weighted by Gasteiger charge is 2.57. The second kappa shape index (κ2) is 2.08. The van der Waals surface area contributed by atoms with Gasteiger partial charge in [0.1, 0.15) is 6.26 Å². The van der Waals surface area contributed by atoms with Crippen molar-refractivity contribution in [3.05, 3.63) is 18.4 Å². The van der Waals surface area contributed by atoms with E-state index in [9.17, 15) is 0 Å². The first kappa shape index (κ1) is 6.62. The molecular formula is C8H11N3O. The number of piperidine rings is 1. The number of nitrogens with one attached hydrogen (secondary N) is 1. The van der Waals surface area contributed by atoms with Crippen LogP contribution in [-0.2, 0) is 0 Å². The molecule has 3 N–H and O–H groups in total. The van der Waals surface area contributed by atoms with Gasteiger partial charge in [-0.1, -0.05) is 0 Å². The molecule has 3 rings (SSSR count). The van der Waals surface area contributed by atoms with Crippen molar-refractivity contribution in [1.82, 2.24) is 10.3 Å². The third-order valence-electron chi connectivity index (χ3n) is 3.02. The Hall–Kier alpha value is -0.870. The molecule has 0 aromatic carbocycles. The fourth-order valence-corrected chi connectivity index (χ4v) is 2.25. The van der Waals surface area contributed by atoms with E-state index in [1.807, 2.05) is 0 Å². The maximum absolute atomic E-state index is 5.87. The number of hydrogen-bond acceptors (Lipinski definition) is 4. The first-order chi connectivity index (χ1) is 5.88. The molecule has 1 aromatic rings.